The van der Waals surface area contributed by atoms with Crippen molar-refractivity contribution in [3.8, 4) is 0 Å². The first-order chi connectivity index (χ1) is 8.36. The first-order valence-electron chi connectivity index (χ1n) is 7.20. The molecule has 0 fully saturated rings. The Morgan fingerprint density at radius 3 is 2.00 bits per heavy atom. The van der Waals surface area contributed by atoms with Gasteiger partial charge in [0.15, 0.2) is 0 Å². The second kappa shape index (κ2) is 6.38. The van der Waals surface area contributed by atoms with Crippen LogP contribution in [0, 0.1) is 5.92 Å². The van der Waals surface area contributed by atoms with Crippen molar-refractivity contribution in [2.24, 2.45) is 5.92 Å². The zero-order valence-corrected chi connectivity index (χ0v) is 12.9. The van der Waals surface area contributed by atoms with Gasteiger partial charge in [0.05, 0.1) is 0 Å². The van der Waals surface area contributed by atoms with Crippen LogP contribution in [0.3, 0.4) is 0 Å². The van der Waals surface area contributed by atoms with Crippen LogP contribution >= 0.6 is 0 Å². The second-order valence-electron chi connectivity index (χ2n) is 6.55. The number of hydrogen-bond acceptors (Lipinski definition) is 1. The third-order valence-corrected chi connectivity index (χ3v) is 3.42. The maximum absolute atomic E-state index is 3.64. The van der Waals surface area contributed by atoms with Gasteiger partial charge in [-0.1, -0.05) is 65.8 Å². The minimum absolute atomic E-state index is 0.239. The zero-order chi connectivity index (χ0) is 13.8. The van der Waals surface area contributed by atoms with Gasteiger partial charge in [0, 0.05) is 6.04 Å². The van der Waals surface area contributed by atoms with Crippen LogP contribution in [0.4, 0.5) is 0 Å². The smallest absolute Gasteiger partial charge is 0.0343 e. The van der Waals surface area contributed by atoms with E-state index in [1.165, 1.54) is 17.5 Å². The third kappa shape index (κ3) is 4.13. The molecule has 0 aliphatic carbocycles. The highest BCUT2D eigenvalue weighted by Crippen LogP contribution is 2.26. The Balaban J connectivity index is 2.87. The summed E-state index contributed by atoms with van der Waals surface area (Å²) in [5.41, 5.74) is 3.05. The molecule has 0 aliphatic rings. The summed E-state index contributed by atoms with van der Waals surface area (Å²) in [6.45, 7) is 14.7. The molecule has 1 aromatic rings. The minimum Gasteiger partial charge on any atom is -0.310 e. The van der Waals surface area contributed by atoms with Gasteiger partial charge in [0.2, 0.25) is 0 Å². The van der Waals surface area contributed by atoms with Crippen LogP contribution in [0.5, 0.6) is 0 Å². The van der Waals surface area contributed by atoms with Crippen LogP contribution in [-0.2, 0) is 5.41 Å². The summed E-state index contributed by atoms with van der Waals surface area (Å²) in [6, 6.07) is 9.59. The predicted octanol–water partition coefficient (Wildman–Crippen LogP) is 4.68. The van der Waals surface area contributed by atoms with E-state index in [1.807, 2.05) is 0 Å². The maximum Gasteiger partial charge on any atom is 0.0343 e. The lowest BCUT2D eigenvalue weighted by Gasteiger charge is -2.25. The van der Waals surface area contributed by atoms with E-state index in [1.54, 1.807) is 0 Å². The highest BCUT2D eigenvalue weighted by Gasteiger charge is 2.17. The monoisotopic (exact) mass is 247 g/mol. The predicted molar refractivity (Wildman–Crippen MR) is 81.0 cm³/mol. The normalized spacial score (nSPS) is 13.9. The Hall–Kier alpha value is -0.820. The molecule has 1 N–H and O–H groups in total. The molecule has 0 aliphatic heterocycles. The highest BCUT2D eigenvalue weighted by molar-refractivity contribution is 5.29. The molecule has 0 spiro atoms. The molecule has 1 rings (SSSR count). The molecule has 1 unspecified atom stereocenters. The number of rotatable bonds is 5. The summed E-state index contributed by atoms with van der Waals surface area (Å²) in [5, 5.41) is 3.64. The molecule has 0 radical (unpaired) electrons. The molecule has 0 bridgehead atoms. The molecule has 0 saturated carbocycles. The van der Waals surface area contributed by atoms with Crippen molar-refractivity contribution in [1.82, 2.24) is 5.32 Å². The number of benzene rings is 1. The molecule has 18 heavy (non-hydrogen) atoms. The highest BCUT2D eigenvalue weighted by atomic mass is 14.9. The van der Waals surface area contributed by atoms with E-state index in [-0.39, 0.29) is 5.41 Å². The molecule has 0 saturated heterocycles. The second-order valence-corrected chi connectivity index (χ2v) is 6.55. The molecule has 1 heteroatoms. The molecule has 1 atom stereocenters. The Morgan fingerprint density at radius 2 is 1.61 bits per heavy atom. The number of hydrogen-bond donors (Lipinski definition) is 1. The summed E-state index contributed by atoms with van der Waals surface area (Å²) in [7, 11) is 0. The fourth-order valence-corrected chi connectivity index (χ4v) is 2.23. The molecule has 1 nitrogen and oxygen atoms in total. The largest absolute Gasteiger partial charge is 0.310 e. The molecule has 0 aromatic heterocycles. The summed E-state index contributed by atoms with van der Waals surface area (Å²) in [4.78, 5) is 0. The Labute approximate surface area is 113 Å². The summed E-state index contributed by atoms with van der Waals surface area (Å²) in [5.74, 6) is 0.622. The van der Waals surface area contributed by atoms with Crippen LogP contribution in [0.25, 0.3) is 0 Å². The maximum atomic E-state index is 3.64. The average Bonchev–Trinajstić information content (AvgIpc) is 2.28. The van der Waals surface area contributed by atoms with Crippen LogP contribution in [0.2, 0.25) is 0 Å². The van der Waals surface area contributed by atoms with Crippen LogP contribution in [0.15, 0.2) is 24.3 Å². The van der Waals surface area contributed by atoms with Crippen molar-refractivity contribution >= 4 is 0 Å². The lowest BCUT2D eigenvalue weighted by atomic mass is 9.85. The summed E-state index contributed by atoms with van der Waals surface area (Å²) < 4.78 is 0. The zero-order valence-electron chi connectivity index (χ0n) is 12.9. The molecular weight excluding hydrogens is 218 g/mol. The van der Waals surface area contributed by atoms with Gasteiger partial charge in [-0.05, 0) is 35.4 Å². The van der Waals surface area contributed by atoms with Crippen LogP contribution < -0.4 is 5.32 Å². The van der Waals surface area contributed by atoms with Crippen molar-refractivity contribution in [3.63, 3.8) is 0 Å². The van der Waals surface area contributed by atoms with Gasteiger partial charge in [-0.2, -0.15) is 0 Å². The standard InChI is InChI=1S/C17H29N/c1-7-12-18-16(13(2)3)14-8-10-15(11-9-14)17(4,5)6/h8-11,13,16,18H,7,12H2,1-6H3. The van der Waals surface area contributed by atoms with Crippen LogP contribution in [0.1, 0.15) is 65.1 Å². The molecule has 102 valence electrons. The lowest BCUT2D eigenvalue weighted by Crippen LogP contribution is -2.26. The van der Waals surface area contributed by atoms with Crippen molar-refractivity contribution in [2.45, 2.75) is 59.4 Å². The van der Waals surface area contributed by atoms with E-state index in [0.717, 1.165) is 6.54 Å². The van der Waals surface area contributed by atoms with E-state index < -0.39 is 0 Å². The van der Waals surface area contributed by atoms with Crippen molar-refractivity contribution in [1.29, 1.82) is 0 Å². The Kier molecular flexibility index (Phi) is 5.40. The van der Waals surface area contributed by atoms with Crippen molar-refractivity contribution in [2.75, 3.05) is 6.54 Å². The SMILES string of the molecule is CCCNC(c1ccc(C(C)(C)C)cc1)C(C)C. The first-order valence-corrected chi connectivity index (χ1v) is 7.20. The van der Waals surface area contributed by atoms with Gasteiger partial charge < -0.3 is 5.32 Å². The van der Waals surface area contributed by atoms with E-state index >= 15 is 0 Å². The van der Waals surface area contributed by atoms with E-state index in [4.69, 9.17) is 0 Å². The quantitative estimate of drug-likeness (QED) is 0.796. The van der Waals surface area contributed by atoms with Gasteiger partial charge in [-0.15, -0.1) is 0 Å². The van der Waals surface area contributed by atoms with Gasteiger partial charge in [-0.25, -0.2) is 0 Å². The van der Waals surface area contributed by atoms with E-state index in [2.05, 4.69) is 71.1 Å². The molecule has 0 amide bonds. The molecule has 0 heterocycles. The summed E-state index contributed by atoms with van der Waals surface area (Å²) in [6.07, 6.45) is 1.18. The topological polar surface area (TPSA) is 12.0 Å². The van der Waals surface area contributed by atoms with Gasteiger partial charge >= 0.3 is 0 Å². The first kappa shape index (κ1) is 15.2. The van der Waals surface area contributed by atoms with Crippen LogP contribution in [-0.4, -0.2) is 6.54 Å². The van der Waals surface area contributed by atoms with E-state index in [9.17, 15) is 0 Å². The third-order valence-electron chi connectivity index (χ3n) is 3.42. The summed E-state index contributed by atoms with van der Waals surface area (Å²) >= 11 is 0. The van der Waals surface area contributed by atoms with Crippen molar-refractivity contribution < 1.29 is 0 Å². The Bertz CT molecular complexity index is 343. The number of nitrogens with one attached hydrogen (secondary N) is 1. The fraction of sp³-hybridized carbons (Fsp3) is 0.647. The lowest BCUT2D eigenvalue weighted by molar-refractivity contribution is 0.412. The minimum atomic E-state index is 0.239. The molecular formula is C17H29N. The molecule has 1 aromatic carbocycles. The van der Waals surface area contributed by atoms with Crippen molar-refractivity contribution in [3.05, 3.63) is 35.4 Å². The Morgan fingerprint density at radius 1 is 1.06 bits per heavy atom. The van der Waals surface area contributed by atoms with Gasteiger partial charge in [0.1, 0.15) is 0 Å². The van der Waals surface area contributed by atoms with Gasteiger partial charge in [0.25, 0.3) is 0 Å². The van der Waals surface area contributed by atoms with E-state index in [0.29, 0.717) is 12.0 Å². The van der Waals surface area contributed by atoms with Gasteiger partial charge in [-0.3, -0.25) is 0 Å². The fourth-order valence-electron chi connectivity index (χ4n) is 2.23. The average molecular weight is 247 g/mol.